The number of pyridine rings is 6. The summed E-state index contributed by atoms with van der Waals surface area (Å²) in [5.74, 6) is 5.03. The van der Waals surface area contributed by atoms with Crippen molar-refractivity contribution in [1.82, 2.24) is 67.4 Å². The van der Waals surface area contributed by atoms with Crippen molar-refractivity contribution in [3.8, 4) is 23.0 Å². The summed E-state index contributed by atoms with van der Waals surface area (Å²) < 4.78 is 32.8. The number of nitrogens with one attached hydrogen (secondary N) is 6. The smallest absolute Gasteiger partial charge is 0.414 e. The van der Waals surface area contributed by atoms with Gasteiger partial charge in [-0.25, -0.2) is 14.8 Å². The molecule has 0 spiro atoms. The van der Waals surface area contributed by atoms with Gasteiger partial charge in [0.05, 0.1) is 36.7 Å². The maximum atomic E-state index is 13.2. The molecule has 3 amide bonds. The number of hydrogen-bond donors (Lipinski definition) is 6. The fourth-order valence-electron chi connectivity index (χ4n) is 9.93. The van der Waals surface area contributed by atoms with E-state index in [4.69, 9.17) is 40.0 Å². The highest BCUT2D eigenvalue weighted by Gasteiger charge is 2.25. The van der Waals surface area contributed by atoms with Gasteiger partial charge in [0.2, 0.25) is 0 Å². The number of aromatic nitrogens is 6. The van der Waals surface area contributed by atoms with Crippen molar-refractivity contribution in [2.24, 2.45) is 30.6 Å². The topological polar surface area (TPSA) is 343 Å². The van der Waals surface area contributed by atoms with Gasteiger partial charge in [-0.2, -0.15) is 30.6 Å². The fourth-order valence-corrected chi connectivity index (χ4v) is 10.1. The Morgan fingerprint density at radius 1 is 0.514 bits per heavy atom. The lowest BCUT2D eigenvalue weighted by Crippen LogP contribution is -2.38. The van der Waals surface area contributed by atoms with E-state index < -0.39 is 6.09 Å². The molecular formula is C77H89ClN22O9. The Morgan fingerprint density at radius 3 is 1.53 bits per heavy atom. The van der Waals surface area contributed by atoms with Crippen molar-refractivity contribution in [2.75, 3.05) is 87.3 Å². The normalized spacial score (nSPS) is 12.6. The zero-order valence-corrected chi connectivity index (χ0v) is 61.6. The number of unbranched alkanes of at least 4 members (excludes halogenated alkanes) is 1. The van der Waals surface area contributed by atoms with Gasteiger partial charge < -0.3 is 48.0 Å². The Kier molecular flexibility index (Phi) is 32.4. The summed E-state index contributed by atoms with van der Waals surface area (Å²) >= 11 is 5.94. The number of benzene rings is 2. The van der Waals surface area contributed by atoms with Crippen LogP contribution in [0.5, 0.6) is 23.0 Å². The Hall–Kier alpha value is -13.2. The molecule has 568 valence electrons. The molecule has 8 aromatic rings. The van der Waals surface area contributed by atoms with Gasteiger partial charge in [-0.3, -0.25) is 62.1 Å². The van der Waals surface area contributed by atoms with Crippen molar-refractivity contribution in [1.29, 1.82) is 0 Å². The molecule has 0 radical (unpaired) electrons. The number of hydrazone groups is 6. The predicted octanol–water partition coefficient (Wildman–Crippen LogP) is 10.2. The minimum Gasteiger partial charge on any atom is -0.490 e. The summed E-state index contributed by atoms with van der Waals surface area (Å²) in [6, 6.07) is 40.5. The number of likely N-dealkylation sites (N-methyl/N-ethyl adjacent to an activating group) is 1. The van der Waals surface area contributed by atoms with Crippen LogP contribution in [-0.4, -0.2) is 160 Å². The number of amides is 3. The first-order valence-electron chi connectivity index (χ1n) is 34.6. The van der Waals surface area contributed by atoms with Gasteiger partial charge in [-0.1, -0.05) is 64.1 Å². The maximum Gasteiger partial charge on any atom is 0.414 e. The number of nitrogens with zero attached hydrogens (tertiary/aromatic N) is 16. The molecule has 32 heteroatoms. The molecule has 31 nitrogen and oxygen atoms in total. The van der Waals surface area contributed by atoms with E-state index in [1.54, 1.807) is 104 Å². The second kappa shape index (κ2) is 43.3. The lowest BCUT2D eigenvalue weighted by atomic mass is 10.2. The molecule has 0 unspecified atom stereocenters. The minimum atomic E-state index is -0.459. The summed E-state index contributed by atoms with van der Waals surface area (Å²) in [4.78, 5) is 71.1. The van der Waals surface area contributed by atoms with Gasteiger partial charge in [0.1, 0.15) is 70.4 Å². The van der Waals surface area contributed by atoms with Crippen LogP contribution in [0.2, 0.25) is 0 Å². The van der Waals surface area contributed by atoms with Crippen LogP contribution >= 0.6 is 11.6 Å². The quantitative estimate of drug-likeness (QED) is 0.00987. The zero-order chi connectivity index (χ0) is 76.2. The van der Waals surface area contributed by atoms with Gasteiger partial charge in [0.25, 0.3) is 11.8 Å². The van der Waals surface area contributed by atoms with Crippen molar-refractivity contribution in [3.05, 3.63) is 247 Å². The molecule has 9 heterocycles. The number of carbonyl (C=O) groups is 3. The third kappa shape index (κ3) is 24.2. The molecule has 0 saturated carbocycles. The summed E-state index contributed by atoms with van der Waals surface area (Å²) in [6.07, 6.45) is 17.7. The molecule has 109 heavy (non-hydrogen) atoms. The van der Waals surface area contributed by atoms with E-state index in [9.17, 15) is 14.4 Å². The van der Waals surface area contributed by atoms with Crippen LogP contribution in [0.25, 0.3) is 0 Å². The third-order valence-electron chi connectivity index (χ3n) is 15.5. The first-order valence-corrected chi connectivity index (χ1v) is 35.1. The van der Waals surface area contributed by atoms with Crippen LogP contribution in [-0.2, 0) is 19.1 Å². The van der Waals surface area contributed by atoms with Crippen molar-refractivity contribution < 1.29 is 42.8 Å². The van der Waals surface area contributed by atoms with Crippen molar-refractivity contribution in [3.63, 3.8) is 0 Å². The standard InChI is InChI=1S/C30H35ClN8O4.C26H27N7O2.C20H23N7O3.CH4/c1-4-16-39(17-14-31)22-7-9-23(10-8-22)42-18-13-27(40)38(2)26-6-5-15-32-28(26)30-36-34-29(35-37-30)25-12-11-24(21-33-25)43-20-19-41-3;1-3-4-17-33(23(34)14-18-35-20-12-10-19(2)11-13-20)22-9-7-16-28-24(22)26-31-29-25(30-32-26)21-8-5-6-15-27-21;1-4-27(5-2)20(28)30-14(3)13-29-16-10-8-12-22-17(16)19-25-23-18(24-26-19)15-9-6-7-11-21-15;/h5-13,15,18,21H,4,14,16-17,19-20H2,1-3H3,(H,34,35)(H,36,37);5-16,18H,3-4,17H2,1-2H3,(H,29,30)(H,31,32);6-12H,3-5,13H2,1-2H3,(H,23,24)(H,25,26);1H4/b18-13+;18-14+;;. The largest absolute Gasteiger partial charge is 0.490 e. The van der Waals surface area contributed by atoms with E-state index in [2.05, 4.69) is 118 Å². The molecule has 0 atom stereocenters. The van der Waals surface area contributed by atoms with Gasteiger partial charge in [-0.05, 0) is 143 Å². The second-order valence-corrected chi connectivity index (χ2v) is 23.5. The number of carbonyl (C=O) groups excluding carboxylic acids is 3. The lowest BCUT2D eigenvalue weighted by Gasteiger charge is -2.24. The Morgan fingerprint density at radius 2 is 1.02 bits per heavy atom. The molecule has 0 aliphatic carbocycles. The summed E-state index contributed by atoms with van der Waals surface area (Å²) in [7, 11) is 3.26. The predicted molar refractivity (Wildman–Crippen MR) is 423 cm³/mol. The number of methoxy groups -OCH3 is 1. The second-order valence-electron chi connectivity index (χ2n) is 23.1. The number of amidine groups is 6. The molecule has 3 aliphatic rings. The SMILES string of the molecule is C.C=C(COc1cccnc1C1=NNC(c2ccccn2)=NN1)OC(=O)N(CC)CC.CCCCN(C(=O)/C=C/Oc1ccc(C)cc1)c1cccnc1C1=NNC(c2ccccn2)=NN1.CCCN(CCCl)c1ccc(O/C=C/C(=O)N(C)c2cccnc2C2=NNC(c3ccc(OCCOC)cn3)=NN2)cc1. The molecule has 2 aromatic carbocycles. The molecule has 11 rings (SSSR count). The number of aryl methyl sites for hydroxylation is 1. The van der Waals surface area contributed by atoms with Crippen LogP contribution in [0.1, 0.15) is 94.1 Å². The Labute approximate surface area is 638 Å². The van der Waals surface area contributed by atoms with Crippen LogP contribution in [0.4, 0.5) is 21.9 Å². The molecule has 0 fully saturated rings. The number of rotatable bonds is 32. The van der Waals surface area contributed by atoms with E-state index in [1.807, 2.05) is 112 Å². The highest BCUT2D eigenvalue weighted by molar-refractivity contribution is 6.18. The van der Waals surface area contributed by atoms with Crippen molar-refractivity contribution >= 4 is 81.6 Å². The average molecular weight is 1500 g/mol. The monoisotopic (exact) mass is 1500 g/mol. The summed E-state index contributed by atoms with van der Waals surface area (Å²) in [5.41, 5.74) is 24.0. The van der Waals surface area contributed by atoms with Gasteiger partial charge in [0, 0.05) is 102 Å². The van der Waals surface area contributed by atoms with E-state index >= 15 is 0 Å². The summed E-state index contributed by atoms with van der Waals surface area (Å²) in [6.45, 7) is 17.9. The first-order chi connectivity index (χ1) is 52.8. The average Bonchev–Trinajstić information content (AvgIpc) is 0.821. The Balaban J connectivity index is 0.000000208. The highest BCUT2D eigenvalue weighted by Crippen LogP contribution is 2.25. The minimum absolute atomic E-state index is 0. The maximum absolute atomic E-state index is 13.2. The first kappa shape index (κ1) is 81.5. The number of ether oxygens (including phenoxy) is 6. The van der Waals surface area contributed by atoms with E-state index in [0.29, 0.717) is 142 Å². The lowest BCUT2D eigenvalue weighted by molar-refractivity contribution is -0.114. The Bertz CT molecular complexity index is 4520. The van der Waals surface area contributed by atoms with E-state index in [0.717, 1.165) is 43.6 Å². The van der Waals surface area contributed by atoms with Gasteiger partial charge >= 0.3 is 6.09 Å². The van der Waals surface area contributed by atoms with Crippen LogP contribution in [0.15, 0.2) is 238 Å². The molecule has 3 aliphatic heterocycles. The van der Waals surface area contributed by atoms with Crippen LogP contribution < -0.4 is 66.2 Å². The van der Waals surface area contributed by atoms with Crippen LogP contribution in [0, 0.1) is 6.92 Å². The fraction of sp³-hybridized carbons (Fsp3) is 0.260. The van der Waals surface area contributed by atoms with Gasteiger partial charge in [-0.15, -0.1) is 11.6 Å². The highest BCUT2D eigenvalue weighted by atomic mass is 35.5. The molecule has 6 aromatic heterocycles. The third-order valence-corrected chi connectivity index (χ3v) is 15.7. The van der Waals surface area contributed by atoms with Crippen LogP contribution in [0.3, 0.4) is 0 Å². The molecule has 6 N–H and O–H groups in total. The summed E-state index contributed by atoms with van der Waals surface area (Å²) in [5, 5.41) is 26.0. The van der Waals surface area contributed by atoms with Gasteiger partial charge in [0.15, 0.2) is 40.7 Å². The number of anilines is 3. The van der Waals surface area contributed by atoms with E-state index in [-0.39, 0.29) is 31.6 Å². The number of alkyl halides is 1. The number of hydrogen-bond acceptors (Lipinski definition) is 28. The van der Waals surface area contributed by atoms with Crippen molar-refractivity contribution in [2.45, 2.75) is 61.3 Å². The molecule has 0 bridgehead atoms. The van der Waals surface area contributed by atoms with E-state index in [1.165, 1.54) is 29.6 Å². The molecule has 0 saturated heterocycles. The molecular weight excluding hydrogens is 1410 g/mol. The number of halogens is 1. The zero-order valence-electron chi connectivity index (χ0n) is 60.9.